The maximum Gasteiger partial charge on any atom is 0.0714 e. The maximum atomic E-state index is 2.52. The lowest BCUT2D eigenvalue weighted by atomic mass is 9.66. The highest BCUT2D eigenvalue weighted by molar-refractivity contribution is 5.99. The van der Waals surface area contributed by atoms with Gasteiger partial charge in [-0.2, -0.15) is 0 Å². The topological polar surface area (TPSA) is 0 Å². The van der Waals surface area contributed by atoms with Gasteiger partial charge >= 0.3 is 0 Å². The van der Waals surface area contributed by atoms with Crippen LogP contribution >= 0.6 is 0 Å². The fourth-order valence-electron chi connectivity index (χ4n) is 13.9. The fraction of sp³-hybridized carbons (Fsp3) is 0.200. The maximum absolute atomic E-state index is 2.52. The summed E-state index contributed by atoms with van der Waals surface area (Å²) in [6.07, 6.45) is 0. The van der Waals surface area contributed by atoms with Crippen LogP contribution in [0.2, 0.25) is 0 Å². The molecule has 0 saturated heterocycles. The third-order valence-electron chi connectivity index (χ3n) is 19.1. The van der Waals surface area contributed by atoms with Crippen molar-refractivity contribution in [3.8, 4) is 100 Å². The molecule has 13 rings (SSSR count). The van der Waals surface area contributed by atoms with E-state index >= 15 is 0 Å². The number of rotatable bonds is 10. The van der Waals surface area contributed by atoms with Crippen LogP contribution in [0.15, 0.2) is 273 Å². The highest BCUT2D eigenvalue weighted by Crippen LogP contribution is 2.60. The van der Waals surface area contributed by atoms with Gasteiger partial charge in [-0.25, -0.2) is 0 Å². The van der Waals surface area contributed by atoms with E-state index in [-0.39, 0.29) is 21.7 Å². The Labute approximate surface area is 537 Å². The molecule has 0 spiro atoms. The lowest BCUT2D eigenvalue weighted by Gasteiger charge is -2.35. The predicted octanol–water partition coefficient (Wildman–Crippen LogP) is 24.9. The molecular weight excluding hydrogens is 1080 g/mol. The van der Waals surface area contributed by atoms with Gasteiger partial charge in [-0.1, -0.05) is 313 Å². The SMILES string of the molecule is Cc1ccc2c(c1)-c1c(-c3ccccc3-c3ccccc3)cccc1C2(c1cccc(-c2cc(-c3ccc(C(C)(C)C)cc3)cc(-c3ccc(C(C)(C)C)cc3)c2)c1)c1cccc(-c2cc(-c3ccc(C(C)(C)C)cc3)cc(-c3ccc(C(C)(C)C)cc3)c2)c1. The zero-order chi connectivity index (χ0) is 62.9. The summed E-state index contributed by atoms with van der Waals surface area (Å²) in [6.45, 7) is 29.7. The van der Waals surface area contributed by atoms with Gasteiger partial charge < -0.3 is 0 Å². The van der Waals surface area contributed by atoms with Crippen molar-refractivity contribution in [2.45, 2.75) is 117 Å². The molecular formula is C90H84. The van der Waals surface area contributed by atoms with Crippen molar-refractivity contribution in [3.05, 3.63) is 323 Å². The van der Waals surface area contributed by atoms with E-state index in [1.165, 1.54) is 150 Å². The average Bonchev–Trinajstić information content (AvgIpc) is 1.52. The van der Waals surface area contributed by atoms with Gasteiger partial charge in [0.05, 0.1) is 5.41 Å². The molecule has 1 aliphatic carbocycles. The van der Waals surface area contributed by atoms with Crippen LogP contribution in [0.5, 0.6) is 0 Å². The van der Waals surface area contributed by atoms with Crippen LogP contribution in [0.1, 0.15) is 133 Å². The first-order valence-electron chi connectivity index (χ1n) is 32.4. The van der Waals surface area contributed by atoms with Gasteiger partial charge in [0.1, 0.15) is 0 Å². The zero-order valence-corrected chi connectivity index (χ0v) is 55.0. The first-order valence-corrected chi connectivity index (χ1v) is 32.4. The summed E-state index contributed by atoms with van der Waals surface area (Å²) in [5.41, 5.74) is 32.7. The minimum atomic E-state index is -0.750. The number of aryl methyl sites for hydroxylation is 1. The van der Waals surface area contributed by atoms with Crippen molar-refractivity contribution in [1.29, 1.82) is 0 Å². The van der Waals surface area contributed by atoms with E-state index in [2.05, 4.69) is 363 Å². The Kier molecular flexibility index (Phi) is 15.2. The number of hydrogen-bond donors (Lipinski definition) is 0. The molecule has 0 aliphatic heterocycles. The number of hydrogen-bond acceptors (Lipinski definition) is 0. The molecule has 0 bridgehead atoms. The Morgan fingerprint density at radius 1 is 0.211 bits per heavy atom. The zero-order valence-electron chi connectivity index (χ0n) is 55.0. The molecule has 0 radical (unpaired) electrons. The van der Waals surface area contributed by atoms with E-state index in [9.17, 15) is 0 Å². The molecule has 0 saturated carbocycles. The largest absolute Gasteiger partial charge is 0.0714 e. The quantitative estimate of drug-likeness (QED) is 0.128. The minimum absolute atomic E-state index is 0.0449. The smallest absolute Gasteiger partial charge is 0.0622 e. The molecule has 90 heavy (non-hydrogen) atoms. The van der Waals surface area contributed by atoms with Crippen LogP contribution in [-0.4, -0.2) is 0 Å². The predicted molar refractivity (Wildman–Crippen MR) is 387 cm³/mol. The first kappa shape index (κ1) is 59.6. The molecule has 0 unspecified atom stereocenters. The third kappa shape index (κ3) is 11.3. The first-order chi connectivity index (χ1) is 43.0. The van der Waals surface area contributed by atoms with Crippen molar-refractivity contribution in [3.63, 3.8) is 0 Å². The highest BCUT2D eigenvalue weighted by atomic mass is 14.5. The van der Waals surface area contributed by atoms with Crippen molar-refractivity contribution < 1.29 is 0 Å². The van der Waals surface area contributed by atoms with Crippen LogP contribution in [0.4, 0.5) is 0 Å². The number of fused-ring (bicyclic) bond motifs is 3. The van der Waals surface area contributed by atoms with Gasteiger partial charge in [0, 0.05) is 0 Å². The lowest BCUT2D eigenvalue weighted by molar-refractivity contribution is 0.590. The van der Waals surface area contributed by atoms with Crippen LogP contribution in [0, 0.1) is 6.92 Å². The van der Waals surface area contributed by atoms with Crippen molar-refractivity contribution in [2.24, 2.45) is 0 Å². The second kappa shape index (κ2) is 22.9. The van der Waals surface area contributed by atoms with E-state index < -0.39 is 5.41 Å². The molecule has 0 N–H and O–H groups in total. The van der Waals surface area contributed by atoms with Crippen molar-refractivity contribution in [1.82, 2.24) is 0 Å². The monoisotopic (exact) mass is 1160 g/mol. The summed E-state index contributed by atoms with van der Waals surface area (Å²) in [6, 6.07) is 105. The summed E-state index contributed by atoms with van der Waals surface area (Å²) in [4.78, 5) is 0. The molecule has 0 nitrogen and oxygen atoms in total. The summed E-state index contributed by atoms with van der Waals surface area (Å²) < 4.78 is 0. The summed E-state index contributed by atoms with van der Waals surface area (Å²) in [7, 11) is 0. The van der Waals surface area contributed by atoms with Crippen LogP contribution in [0.3, 0.4) is 0 Å². The third-order valence-corrected chi connectivity index (χ3v) is 19.1. The second-order valence-corrected chi connectivity index (χ2v) is 29.5. The highest BCUT2D eigenvalue weighted by Gasteiger charge is 2.47. The Hall–Kier alpha value is -9.36. The minimum Gasteiger partial charge on any atom is -0.0622 e. The Morgan fingerprint density at radius 3 is 0.933 bits per heavy atom. The van der Waals surface area contributed by atoms with Gasteiger partial charge in [0.2, 0.25) is 0 Å². The molecule has 0 fully saturated rings. The molecule has 0 aromatic heterocycles. The van der Waals surface area contributed by atoms with E-state index in [1.54, 1.807) is 0 Å². The molecule has 444 valence electrons. The van der Waals surface area contributed by atoms with Crippen LogP contribution in [-0.2, 0) is 27.1 Å². The summed E-state index contributed by atoms with van der Waals surface area (Å²) in [5.74, 6) is 0. The van der Waals surface area contributed by atoms with Crippen LogP contribution in [0.25, 0.3) is 100 Å². The fourth-order valence-corrected chi connectivity index (χ4v) is 13.9. The van der Waals surface area contributed by atoms with Gasteiger partial charge in [-0.15, -0.1) is 0 Å². The van der Waals surface area contributed by atoms with Crippen LogP contribution < -0.4 is 0 Å². The van der Waals surface area contributed by atoms with Gasteiger partial charge in [0.15, 0.2) is 0 Å². The molecule has 1 aliphatic rings. The Morgan fingerprint density at radius 2 is 0.544 bits per heavy atom. The molecule has 0 atom stereocenters. The van der Waals surface area contributed by atoms with Gasteiger partial charge in [-0.05, 0) is 222 Å². The van der Waals surface area contributed by atoms with Crippen molar-refractivity contribution in [2.75, 3.05) is 0 Å². The summed E-state index contributed by atoms with van der Waals surface area (Å²) in [5, 5.41) is 0. The van der Waals surface area contributed by atoms with E-state index in [0.29, 0.717) is 0 Å². The lowest BCUT2D eigenvalue weighted by Crippen LogP contribution is -2.28. The van der Waals surface area contributed by atoms with Crippen molar-refractivity contribution >= 4 is 0 Å². The number of benzene rings is 12. The standard InChI is InChI=1S/C90H84/c1-59-32-49-83-82(50-59)85-81(80-29-18-17-28-79(80)64-22-15-14-16-23-64)30-21-31-84(85)90(83,77-26-19-24-65(57-77)71-53-67(60-33-41-73(42-34-60)86(2,3)4)51-68(54-71)61-35-43-74(44-36-61)87(5,6)7)78-27-20-25-66(58-78)72-55-69(62-37-45-75(46-38-62)88(8,9)10)52-70(56-72)63-39-47-76(48-40-63)89(11,12)13/h14-58H,1-13H3. The molecule has 0 amide bonds. The van der Waals surface area contributed by atoms with E-state index in [4.69, 9.17) is 0 Å². The molecule has 12 aromatic carbocycles. The van der Waals surface area contributed by atoms with E-state index in [0.717, 1.165) is 0 Å². The molecule has 0 heteroatoms. The Bertz CT molecular complexity index is 4260. The van der Waals surface area contributed by atoms with Gasteiger partial charge in [0.25, 0.3) is 0 Å². The average molecular weight is 1170 g/mol. The second-order valence-electron chi connectivity index (χ2n) is 29.5. The normalized spacial score (nSPS) is 13.0. The molecule has 0 heterocycles. The Balaban J connectivity index is 1.06. The molecule has 12 aromatic rings. The van der Waals surface area contributed by atoms with Gasteiger partial charge in [-0.3, -0.25) is 0 Å². The summed E-state index contributed by atoms with van der Waals surface area (Å²) >= 11 is 0. The van der Waals surface area contributed by atoms with E-state index in [1.807, 2.05) is 0 Å².